The fraction of sp³-hybridized carbons (Fsp3) is 0.316. The number of carbonyl (C=O) groups is 1. The summed E-state index contributed by atoms with van der Waals surface area (Å²) in [5.41, 5.74) is 2.32. The van der Waals surface area contributed by atoms with Crippen LogP contribution in [0.3, 0.4) is 0 Å². The normalized spacial score (nSPS) is 13.3. The van der Waals surface area contributed by atoms with E-state index in [1.54, 1.807) is 18.7 Å². The van der Waals surface area contributed by atoms with Crippen LogP contribution in [0.2, 0.25) is 0 Å². The van der Waals surface area contributed by atoms with Gasteiger partial charge in [0.15, 0.2) is 0 Å². The molecule has 0 aliphatic heterocycles. The van der Waals surface area contributed by atoms with Crippen LogP contribution >= 0.6 is 11.8 Å². The maximum atomic E-state index is 10.9. The van der Waals surface area contributed by atoms with Crippen LogP contribution in [0.4, 0.5) is 0 Å². The lowest BCUT2D eigenvalue weighted by Crippen LogP contribution is -2.12. The minimum Gasteiger partial charge on any atom is -0.489 e. The molecule has 0 aliphatic rings. The molecule has 0 aromatic heterocycles. The Morgan fingerprint density at radius 3 is 2.35 bits per heavy atom. The maximum absolute atomic E-state index is 10.9. The molecule has 23 heavy (non-hydrogen) atoms. The first kappa shape index (κ1) is 17.4. The molecule has 0 amide bonds. The number of carboxylic acid groups (broad SMARTS) is 1. The number of hydrogen-bond acceptors (Lipinski definition) is 3. The highest BCUT2D eigenvalue weighted by atomic mass is 32.2. The molecule has 0 saturated carbocycles. The molecule has 0 fully saturated rings. The SMILES string of the molecule is CC(CSC(C)c1ccc(OCc2ccccc2)cc1)C(=O)O. The van der Waals surface area contributed by atoms with E-state index in [2.05, 4.69) is 6.92 Å². The summed E-state index contributed by atoms with van der Waals surface area (Å²) in [4.78, 5) is 10.9. The molecule has 4 heteroatoms. The molecule has 2 aromatic carbocycles. The van der Waals surface area contributed by atoms with Crippen LogP contribution in [-0.4, -0.2) is 16.8 Å². The van der Waals surface area contributed by atoms with Crippen LogP contribution < -0.4 is 4.74 Å². The number of rotatable bonds is 8. The highest BCUT2D eigenvalue weighted by Crippen LogP contribution is 2.30. The molecule has 0 saturated heterocycles. The number of hydrogen-bond donors (Lipinski definition) is 1. The van der Waals surface area contributed by atoms with Crippen LogP contribution in [0.25, 0.3) is 0 Å². The quantitative estimate of drug-likeness (QED) is 0.756. The molecule has 2 rings (SSSR count). The predicted octanol–water partition coefficient (Wildman–Crippen LogP) is 4.78. The van der Waals surface area contributed by atoms with Gasteiger partial charge in [0, 0.05) is 11.0 Å². The van der Waals surface area contributed by atoms with Gasteiger partial charge in [0.1, 0.15) is 12.4 Å². The predicted molar refractivity (Wildman–Crippen MR) is 94.9 cm³/mol. The van der Waals surface area contributed by atoms with Gasteiger partial charge in [-0.15, -0.1) is 0 Å². The molecule has 3 nitrogen and oxygen atoms in total. The summed E-state index contributed by atoms with van der Waals surface area (Å²) in [6.45, 7) is 4.39. The van der Waals surface area contributed by atoms with Crippen molar-refractivity contribution in [2.24, 2.45) is 5.92 Å². The van der Waals surface area contributed by atoms with Crippen molar-refractivity contribution >= 4 is 17.7 Å². The lowest BCUT2D eigenvalue weighted by Gasteiger charge is -2.14. The standard InChI is InChI=1S/C19H22O3S/c1-14(19(20)21)13-23-15(2)17-8-10-18(11-9-17)22-12-16-6-4-3-5-7-16/h3-11,14-15H,12-13H2,1-2H3,(H,20,21). The van der Waals surface area contributed by atoms with Gasteiger partial charge in [0.05, 0.1) is 5.92 Å². The van der Waals surface area contributed by atoms with Gasteiger partial charge in [-0.25, -0.2) is 0 Å². The zero-order valence-corrected chi connectivity index (χ0v) is 14.3. The average molecular weight is 330 g/mol. The zero-order chi connectivity index (χ0) is 16.7. The second-order valence-electron chi connectivity index (χ2n) is 5.56. The molecule has 0 heterocycles. The number of thioether (sulfide) groups is 1. The summed E-state index contributed by atoms with van der Waals surface area (Å²) in [5.74, 6) is 0.391. The Labute approximate surface area is 141 Å². The van der Waals surface area contributed by atoms with Gasteiger partial charge in [0.2, 0.25) is 0 Å². The van der Waals surface area contributed by atoms with Crippen LogP contribution in [0.15, 0.2) is 54.6 Å². The third-order valence-electron chi connectivity index (χ3n) is 3.62. The Morgan fingerprint density at radius 1 is 1.09 bits per heavy atom. The first-order valence-electron chi connectivity index (χ1n) is 7.67. The van der Waals surface area contributed by atoms with Gasteiger partial charge in [-0.05, 0) is 30.2 Å². The maximum Gasteiger partial charge on any atom is 0.307 e. The van der Waals surface area contributed by atoms with Gasteiger partial charge in [-0.3, -0.25) is 4.79 Å². The lowest BCUT2D eigenvalue weighted by molar-refractivity contribution is -0.140. The summed E-state index contributed by atoms with van der Waals surface area (Å²) in [6, 6.07) is 18.1. The number of ether oxygens (including phenoxy) is 1. The molecular weight excluding hydrogens is 308 g/mol. The average Bonchev–Trinajstić information content (AvgIpc) is 2.58. The van der Waals surface area contributed by atoms with Gasteiger partial charge >= 0.3 is 5.97 Å². The summed E-state index contributed by atoms with van der Waals surface area (Å²) in [7, 11) is 0. The molecule has 2 atom stereocenters. The van der Waals surface area contributed by atoms with E-state index >= 15 is 0 Å². The van der Waals surface area contributed by atoms with Crippen LogP contribution in [0.5, 0.6) is 5.75 Å². The second kappa shape index (κ2) is 8.63. The zero-order valence-electron chi connectivity index (χ0n) is 13.4. The van der Waals surface area contributed by atoms with Crippen molar-refractivity contribution in [3.05, 3.63) is 65.7 Å². The number of aliphatic carboxylic acids is 1. The van der Waals surface area contributed by atoms with Gasteiger partial charge in [0.25, 0.3) is 0 Å². The summed E-state index contributed by atoms with van der Waals surface area (Å²) < 4.78 is 5.77. The second-order valence-corrected chi connectivity index (χ2v) is 6.93. The Kier molecular flexibility index (Phi) is 6.53. The van der Waals surface area contributed by atoms with Crippen molar-refractivity contribution in [1.82, 2.24) is 0 Å². The molecule has 1 N–H and O–H groups in total. The molecule has 2 aromatic rings. The van der Waals surface area contributed by atoms with Crippen molar-refractivity contribution in [2.45, 2.75) is 25.7 Å². The Hall–Kier alpha value is -1.94. The van der Waals surface area contributed by atoms with E-state index in [4.69, 9.17) is 9.84 Å². The highest BCUT2D eigenvalue weighted by Gasteiger charge is 2.14. The minimum absolute atomic E-state index is 0.264. The molecule has 0 spiro atoms. The molecule has 0 radical (unpaired) electrons. The molecule has 122 valence electrons. The number of carboxylic acids is 1. The largest absolute Gasteiger partial charge is 0.489 e. The van der Waals surface area contributed by atoms with Crippen LogP contribution in [-0.2, 0) is 11.4 Å². The molecule has 0 aliphatic carbocycles. The van der Waals surface area contributed by atoms with Gasteiger partial charge in [-0.2, -0.15) is 11.8 Å². The molecule has 0 bridgehead atoms. The van der Waals surface area contributed by atoms with Crippen molar-refractivity contribution in [3.63, 3.8) is 0 Å². The third-order valence-corrected chi connectivity index (χ3v) is 5.08. The first-order valence-corrected chi connectivity index (χ1v) is 8.72. The van der Waals surface area contributed by atoms with E-state index in [0.717, 1.165) is 11.3 Å². The van der Waals surface area contributed by atoms with Crippen molar-refractivity contribution < 1.29 is 14.6 Å². The smallest absolute Gasteiger partial charge is 0.307 e. The molecule has 2 unspecified atom stereocenters. The van der Waals surface area contributed by atoms with Gasteiger partial charge < -0.3 is 9.84 Å². The Morgan fingerprint density at radius 2 is 1.74 bits per heavy atom. The van der Waals surface area contributed by atoms with Crippen LogP contribution in [0, 0.1) is 5.92 Å². The highest BCUT2D eigenvalue weighted by molar-refractivity contribution is 7.99. The monoisotopic (exact) mass is 330 g/mol. The minimum atomic E-state index is -0.741. The Balaban J connectivity index is 1.85. The van der Waals surface area contributed by atoms with Crippen molar-refractivity contribution in [1.29, 1.82) is 0 Å². The van der Waals surface area contributed by atoms with E-state index in [9.17, 15) is 4.79 Å². The number of benzene rings is 2. The summed E-state index contributed by atoms with van der Waals surface area (Å²) in [5, 5.41) is 9.19. The van der Waals surface area contributed by atoms with E-state index in [0.29, 0.717) is 12.4 Å². The van der Waals surface area contributed by atoms with E-state index in [1.165, 1.54) is 5.56 Å². The lowest BCUT2D eigenvalue weighted by atomic mass is 10.1. The molecular formula is C19H22O3S. The van der Waals surface area contributed by atoms with E-state index in [-0.39, 0.29) is 11.2 Å². The van der Waals surface area contributed by atoms with Crippen molar-refractivity contribution in [2.75, 3.05) is 5.75 Å². The van der Waals surface area contributed by atoms with E-state index in [1.807, 2.05) is 54.6 Å². The fourth-order valence-corrected chi connectivity index (χ4v) is 3.10. The fourth-order valence-electron chi connectivity index (χ4n) is 2.03. The third kappa shape index (κ3) is 5.64. The van der Waals surface area contributed by atoms with E-state index < -0.39 is 5.97 Å². The first-order chi connectivity index (χ1) is 11.1. The van der Waals surface area contributed by atoms with Gasteiger partial charge in [-0.1, -0.05) is 49.4 Å². The van der Waals surface area contributed by atoms with Crippen LogP contribution in [0.1, 0.15) is 30.2 Å². The van der Waals surface area contributed by atoms with Crippen molar-refractivity contribution in [3.8, 4) is 5.75 Å². The summed E-state index contributed by atoms with van der Waals surface area (Å²) >= 11 is 1.66. The summed E-state index contributed by atoms with van der Waals surface area (Å²) in [6.07, 6.45) is 0. The Bertz CT molecular complexity index is 610. The topological polar surface area (TPSA) is 46.5 Å².